The molecule has 2 aliphatic heterocycles. The molecule has 1 aromatic carbocycles. The van der Waals surface area contributed by atoms with Gasteiger partial charge in [-0.25, -0.2) is 4.98 Å². The third kappa shape index (κ3) is 2.95. The Hall–Kier alpha value is -2.44. The lowest BCUT2D eigenvalue weighted by Crippen LogP contribution is -2.65. The minimum atomic E-state index is -0.0723. The van der Waals surface area contributed by atoms with Gasteiger partial charge >= 0.3 is 0 Å². The van der Waals surface area contributed by atoms with E-state index in [4.69, 9.17) is 9.47 Å². The molecular weight excluding hydrogens is 328 g/mol. The molecule has 2 aliphatic rings. The highest BCUT2D eigenvalue weighted by Crippen LogP contribution is 2.36. The lowest BCUT2D eigenvalue weighted by atomic mass is 9.84. The van der Waals surface area contributed by atoms with Crippen molar-refractivity contribution in [2.24, 2.45) is 0 Å². The van der Waals surface area contributed by atoms with Gasteiger partial charge in [-0.15, -0.1) is 0 Å². The van der Waals surface area contributed by atoms with Gasteiger partial charge in [0, 0.05) is 62.0 Å². The Bertz CT molecular complexity index is 889. The second-order valence-electron chi connectivity index (χ2n) is 7.31. The Morgan fingerprint density at radius 1 is 1.27 bits per heavy atom. The van der Waals surface area contributed by atoms with Gasteiger partial charge < -0.3 is 14.5 Å². The van der Waals surface area contributed by atoms with Gasteiger partial charge in [-0.2, -0.15) is 0 Å². The first-order valence-corrected chi connectivity index (χ1v) is 9.14. The van der Waals surface area contributed by atoms with Crippen LogP contribution in [0.5, 0.6) is 5.88 Å². The van der Waals surface area contributed by atoms with Crippen molar-refractivity contribution in [2.45, 2.75) is 31.1 Å². The number of likely N-dealkylation sites (tertiary alicyclic amines) is 1. The SMILES string of the molecule is c1cc(CN2CC3(C[C@@H](Oc4cnccn4)CCO3)C2)c2cc[nH]c2c1. The molecule has 3 aromatic rings. The highest BCUT2D eigenvalue weighted by atomic mass is 16.5. The fourth-order valence-electron chi connectivity index (χ4n) is 4.23. The van der Waals surface area contributed by atoms with Gasteiger partial charge in [-0.3, -0.25) is 9.88 Å². The molecule has 5 rings (SSSR count). The summed E-state index contributed by atoms with van der Waals surface area (Å²) in [7, 11) is 0. The Kier molecular flexibility index (Phi) is 3.87. The van der Waals surface area contributed by atoms with Crippen LogP contribution >= 0.6 is 0 Å². The van der Waals surface area contributed by atoms with E-state index in [2.05, 4.69) is 44.1 Å². The Labute approximate surface area is 152 Å². The normalized spacial score (nSPS) is 22.4. The second kappa shape index (κ2) is 6.37. The van der Waals surface area contributed by atoms with E-state index < -0.39 is 0 Å². The van der Waals surface area contributed by atoms with Crippen LogP contribution in [0.15, 0.2) is 49.1 Å². The van der Waals surface area contributed by atoms with Crippen molar-refractivity contribution in [1.82, 2.24) is 19.9 Å². The van der Waals surface area contributed by atoms with Crippen molar-refractivity contribution in [1.29, 1.82) is 0 Å². The fraction of sp³-hybridized carbons (Fsp3) is 0.400. The molecule has 26 heavy (non-hydrogen) atoms. The average Bonchev–Trinajstić information content (AvgIpc) is 3.11. The van der Waals surface area contributed by atoms with Gasteiger partial charge in [0.25, 0.3) is 0 Å². The number of hydrogen-bond acceptors (Lipinski definition) is 5. The maximum absolute atomic E-state index is 6.15. The predicted octanol–water partition coefficient (Wildman–Crippen LogP) is 2.77. The molecule has 2 aromatic heterocycles. The standard InChI is InChI=1S/C20H22N4O2/c1-2-15(17-4-6-22-18(17)3-1)12-24-13-20(14-24)10-16(5-9-25-20)26-19-11-21-7-8-23-19/h1-4,6-8,11,16,22H,5,9-10,12-14H2/t16-/m0/s1. The van der Waals surface area contributed by atoms with Crippen LogP contribution < -0.4 is 4.74 Å². The third-order valence-electron chi connectivity index (χ3n) is 5.38. The van der Waals surface area contributed by atoms with E-state index in [1.54, 1.807) is 18.6 Å². The topological polar surface area (TPSA) is 63.3 Å². The van der Waals surface area contributed by atoms with Gasteiger partial charge in [0.05, 0.1) is 18.4 Å². The molecule has 2 saturated heterocycles. The highest BCUT2D eigenvalue weighted by molar-refractivity contribution is 5.82. The number of aromatic nitrogens is 3. The highest BCUT2D eigenvalue weighted by Gasteiger charge is 2.48. The van der Waals surface area contributed by atoms with E-state index in [1.165, 1.54) is 16.5 Å². The Morgan fingerprint density at radius 2 is 2.23 bits per heavy atom. The quantitative estimate of drug-likeness (QED) is 0.784. The van der Waals surface area contributed by atoms with Crippen molar-refractivity contribution in [3.63, 3.8) is 0 Å². The van der Waals surface area contributed by atoms with Gasteiger partial charge in [0.1, 0.15) is 6.10 Å². The number of ether oxygens (including phenoxy) is 2. The van der Waals surface area contributed by atoms with Crippen LogP contribution in [0.4, 0.5) is 0 Å². The molecule has 6 heteroatoms. The lowest BCUT2D eigenvalue weighted by Gasteiger charge is -2.53. The van der Waals surface area contributed by atoms with Gasteiger partial charge in [-0.05, 0) is 17.7 Å². The van der Waals surface area contributed by atoms with Crippen molar-refractivity contribution in [3.8, 4) is 5.88 Å². The molecule has 0 saturated carbocycles. The molecule has 0 aliphatic carbocycles. The third-order valence-corrected chi connectivity index (χ3v) is 5.38. The summed E-state index contributed by atoms with van der Waals surface area (Å²) < 4.78 is 12.2. The molecular formula is C20H22N4O2. The van der Waals surface area contributed by atoms with Gasteiger partial charge in [0.2, 0.25) is 5.88 Å². The molecule has 0 bridgehead atoms. The maximum atomic E-state index is 6.15. The Balaban J connectivity index is 1.22. The van der Waals surface area contributed by atoms with Crippen LogP contribution in [0.2, 0.25) is 0 Å². The van der Waals surface area contributed by atoms with Crippen LogP contribution in [0.3, 0.4) is 0 Å². The first kappa shape index (κ1) is 15.8. The van der Waals surface area contributed by atoms with E-state index in [9.17, 15) is 0 Å². The largest absolute Gasteiger partial charge is 0.473 e. The second-order valence-corrected chi connectivity index (χ2v) is 7.31. The van der Waals surface area contributed by atoms with Crippen LogP contribution in [0, 0.1) is 0 Å². The van der Waals surface area contributed by atoms with Crippen LogP contribution in [-0.2, 0) is 11.3 Å². The molecule has 0 radical (unpaired) electrons. The zero-order valence-corrected chi connectivity index (χ0v) is 14.6. The number of benzene rings is 1. The molecule has 4 heterocycles. The number of H-pyrrole nitrogens is 1. The molecule has 1 N–H and O–H groups in total. The summed E-state index contributed by atoms with van der Waals surface area (Å²) in [5.41, 5.74) is 2.49. The monoisotopic (exact) mass is 350 g/mol. The minimum absolute atomic E-state index is 0.0723. The average molecular weight is 350 g/mol. The first-order chi connectivity index (χ1) is 12.8. The zero-order chi connectivity index (χ0) is 17.4. The van der Waals surface area contributed by atoms with Crippen LogP contribution in [-0.4, -0.2) is 51.3 Å². The number of aromatic amines is 1. The molecule has 0 amide bonds. The van der Waals surface area contributed by atoms with Crippen molar-refractivity contribution in [3.05, 3.63) is 54.6 Å². The van der Waals surface area contributed by atoms with E-state index in [0.29, 0.717) is 5.88 Å². The minimum Gasteiger partial charge on any atom is -0.473 e. The number of nitrogens with one attached hydrogen (secondary N) is 1. The number of nitrogens with zero attached hydrogens (tertiary/aromatic N) is 3. The van der Waals surface area contributed by atoms with Crippen molar-refractivity contribution < 1.29 is 9.47 Å². The van der Waals surface area contributed by atoms with Crippen LogP contribution in [0.25, 0.3) is 10.9 Å². The van der Waals surface area contributed by atoms with Gasteiger partial charge in [-0.1, -0.05) is 12.1 Å². The summed E-state index contributed by atoms with van der Waals surface area (Å²) in [6, 6.07) is 8.60. The summed E-state index contributed by atoms with van der Waals surface area (Å²) in [4.78, 5) is 14.0. The zero-order valence-electron chi connectivity index (χ0n) is 14.6. The predicted molar refractivity (Wildman–Crippen MR) is 97.9 cm³/mol. The Morgan fingerprint density at radius 3 is 3.12 bits per heavy atom. The number of hydrogen-bond donors (Lipinski definition) is 1. The van der Waals surface area contributed by atoms with E-state index in [1.807, 2.05) is 6.20 Å². The number of fused-ring (bicyclic) bond motifs is 1. The summed E-state index contributed by atoms with van der Waals surface area (Å²) in [5, 5.41) is 1.31. The molecule has 0 unspecified atom stereocenters. The molecule has 1 atom stereocenters. The molecule has 134 valence electrons. The van der Waals surface area contributed by atoms with Crippen molar-refractivity contribution >= 4 is 10.9 Å². The summed E-state index contributed by atoms with van der Waals surface area (Å²) in [6.07, 6.45) is 8.97. The maximum Gasteiger partial charge on any atom is 0.232 e. The van der Waals surface area contributed by atoms with E-state index in [-0.39, 0.29) is 11.7 Å². The van der Waals surface area contributed by atoms with E-state index in [0.717, 1.165) is 39.1 Å². The van der Waals surface area contributed by atoms with Crippen molar-refractivity contribution in [2.75, 3.05) is 19.7 Å². The summed E-state index contributed by atoms with van der Waals surface area (Å²) >= 11 is 0. The van der Waals surface area contributed by atoms with E-state index >= 15 is 0 Å². The smallest absolute Gasteiger partial charge is 0.232 e. The fourth-order valence-corrected chi connectivity index (χ4v) is 4.23. The van der Waals surface area contributed by atoms with Crippen LogP contribution in [0.1, 0.15) is 18.4 Å². The summed E-state index contributed by atoms with van der Waals surface area (Å²) in [5.74, 6) is 0.602. The van der Waals surface area contributed by atoms with Gasteiger partial charge in [0.15, 0.2) is 0 Å². The molecule has 6 nitrogen and oxygen atoms in total. The molecule has 2 fully saturated rings. The molecule has 1 spiro atoms. The summed E-state index contributed by atoms with van der Waals surface area (Å²) in [6.45, 7) is 3.60. The number of rotatable bonds is 4. The lowest BCUT2D eigenvalue weighted by molar-refractivity contribution is -0.188. The first-order valence-electron chi connectivity index (χ1n) is 9.14.